The van der Waals surface area contributed by atoms with Crippen LogP contribution in [0.1, 0.15) is 28.8 Å². The monoisotopic (exact) mass is 444 g/mol. The van der Waals surface area contributed by atoms with E-state index in [0.29, 0.717) is 46.0 Å². The van der Waals surface area contributed by atoms with Crippen molar-refractivity contribution >= 4 is 16.9 Å². The molecule has 2 bridgehead atoms. The second-order valence-corrected chi connectivity index (χ2v) is 8.89. The zero-order valence-electron chi connectivity index (χ0n) is 18.7. The largest absolute Gasteiger partial charge is 0.497 e. The van der Waals surface area contributed by atoms with Gasteiger partial charge in [0.05, 0.1) is 24.2 Å². The Morgan fingerprint density at radius 1 is 1.24 bits per heavy atom. The number of hydrogen-bond acceptors (Lipinski definition) is 6. The first-order chi connectivity index (χ1) is 16.0. The summed E-state index contributed by atoms with van der Waals surface area (Å²) < 4.78 is 11.5. The molecule has 2 aromatic carbocycles. The van der Waals surface area contributed by atoms with E-state index in [4.69, 9.17) is 9.47 Å². The molecule has 0 amide bonds. The zero-order chi connectivity index (χ0) is 23.0. The zero-order valence-corrected chi connectivity index (χ0v) is 18.7. The van der Waals surface area contributed by atoms with E-state index in [2.05, 4.69) is 16.5 Å². The third kappa shape index (κ3) is 3.79. The van der Waals surface area contributed by atoms with Crippen LogP contribution in [0.15, 0.2) is 73.4 Å². The number of carbonyl (C=O) groups is 1. The number of methoxy groups -OCH3 is 1. The summed E-state index contributed by atoms with van der Waals surface area (Å²) in [6, 6.07) is 15.7. The quantitative estimate of drug-likeness (QED) is 0.350. The lowest BCUT2D eigenvalue weighted by atomic mass is 9.72. The summed E-state index contributed by atoms with van der Waals surface area (Å²) in [6.45, 7) is 5.63. The summed E-state index contributed by atoms with van der Waals surface area (Å²) in [5, 5.41) is 13.0. The van der Waals surface area contributed by atoms with E-state index < -0.39 is 11.8 Å². The van der Waals surface area contributed by atoms with Crippen molar-refractivity contribution in [1.82, 2.24) is 9.88 Å². The van der Waals surface area contributed by atoms with Gasteiger partial charge in [0.15, 0.2) is 0 Å². The van der Waals surface area contributed by atoms with Gasteiger partial charge in [0.25, 0.3) is 5.79 Å². The molecule has 6 nitrogen and oxygen atoms in total. The first-order valence-electron chi connectivity index (χ1n) is 11.3. The summed E-state index contributed by atoms with van der Waals surface area (Å²) >= 11 is 0. The number of fused-ring (bicyclic) bond motifs is 4. The van der Waals surface area contributed by atoms with Gasteiger partial charge in [-0.2, -0.15) is 0 Å². The minimum atomic E-state index is -1.86. The molecule has 6 heteroatoms. The molecule has 1 unspecified atom stereocenters. The lowest BCUT2D eigenvalue weighted by Gasteiger charge is -2.53. The van der Waals surface area contributed by atoms with Gasteiger partial charge in [-0.05, 0) is 67.6 Å². The molecule has 33 heavy (non-hydrogen) atoms. The first kappa shape index (κ1) is 21.6. The SMILES string of the molecule is C=C[C@H]1CN2CC[C@H]1C[C@@H]2[C@@](O)(OC(=O)c1ccccc1)c1ccnc2ccc(OC)cc12. The van der Waals surface area contributed by atoms with Gasteiger partial charge in [0, 0.05) is 23.7 Å². The highest BCUT2D eigenvalue weighted by Gasteiger charge is 2.52. The van der Waals surface area contributed by atoms with Crippen molar-refractivity contribution in [2.24, 2.45) is 11.8 Å². The van der Waals surface area contributed by atoms with Crippen LogP contribution in [0.25, 0.3) is 10.9 Å². The van der Waals surface area contributed by atoms with Crippen LogP contribution in [0.4, 0.5) is 0 Å². The molecule has 0 saturated carbocycles. The fourth-order valence-electron chi connectivity index (χ4n) is 5.38. The van der Waals surface area contributed by atoms with Crippen molar-refractivity contribution in [2.75, 3.05) is 20.2 Å². The van der Waals surface area contributed by atoms with Crippen molar-refractivity contribution < 1.29 is 19.4 Å². The van der Waals surface area contributed by atoms with Crippen molar-refractivity contribution in [2.45, 2.75) is 24.7 Å². The van der Waals surface area contributed by atoms with Crippen molar-refractivity contribution in [3.05, 3.63) is 84.6 Å². The highest BCUT2D eigenvalue weighted by atomic mass is 16.7. The summed E-state index contributed by atoms with van der Waals surface area (Å²) in [7, 11) is 1.60. The second kappa shape index (κ2) is 8.61. The topological polar surface area (TPSA) is 71.9 Å². The smallest absolute Gasteiger partial charge is 0.340 e. The average molecular weight is 445 g/mol. The fourth-order valence-corrected chi connectivity index (χ4v) is 5.38. The lowest BCUT2D eigenvalue weighted by Crippen LogP contribution is -2.62. The molecule has 1 aromatic heterocycles. The summed E-state index contributed by atoms with van der Waals surface area (Å²) in [6.07, 6.45) is 5.41. The van der Waals surface area contributed by atoms with Crippen LogP contribution in [-0.4, -0.2) is 47.2 Å². The molecule has 0 spiro atoms. The Morgan fingerprint density at radius 3 is 2.76 bits per heavy atom. The van der Waals surface area contributed by atoms with Crippen LogP contribution in [-0.2, 0) is 10.5 Å². The Bertz CT molecular complexity index is 1180. The number of aliphatic hydroxyl groups is 1. The van der Waals surface area contributed by atoms with E-state index >= 15 is 0 Å². The number of nitrogens with zero attached hydrogens (tertiary/aromatic N) is 2. The van der Waals surface area contributed by atoms with E-state index in [-0.39, 0.29) is 6.04 Å². The lowest BCUT2D eigenvalue weighted by molar-refractivity contribution is -0.236. The van der Waals surface area contributed by atoms with Gasteiger partial charge in [0.1, 0.15) is 5.75 Å². The third-order valence-corrected chi connectivity index (χ3v) is 7.15. The molecule has 4 heterocycles. The highest BCUT2D eigenvalue weighted by Crippen LogP contribution is 2.46. The van der Waals surface area contributed by atoms with E-state index in [1.54, 1.807) is 43.6 Å². The molecule has 3 aromatic rings. The molecule has 6 rings (SSSR count). The Morgan fingerprint density at radius 2 is 2.06 bits per heavy atom. The molecular formula is C27H28N2O4. The second-order valence-electron chi connectivity index (χ2n) is 8.89. The Kier molecular flexibility index (Phi) is 5.64. The normalized spacial score (nSPS) is 25.9. The number of aromatic nitrogens is 1. The number of piperidine rings is 3. The Balaban J connectivity index is 1.63. The third-order valence-electron chi connectivity index (χ3n) is 7.15. The summed E-state index contributed by atoms with van der Waals surface area (Å²) in [4.78, 5) is 19.9. The molecule has 3 aliphatic rings. The van der Waals surface area contributed by atoms with Gasteiger partial charge in [-0.3, -0.25) is 9.88 Å². The molecule has 5 atom stereocenters. The van der Waals surface area contributed by atoms with E-state index in [0.717, 1.165) is 19.5 Å². The van der Waals surface area contributed by atoms with Crippen LogP contribution in [0.5, 0.6) is 5.75 Å². The van der Waals surface area contributed by atoms with Crippen LogP contribution in [0.2, 0.25) is 0 Å². The number of esters is 1. The number of rotatable bonds is 6. The van der Waals surface area contributed by atoms with Crippen LogP contribution >= 0.6 is 0 Å². The van der Waals surface area contributed by atoms with Crippen molar-refractivity contribution in [1.29, 1.82) is 0 Å². The number of hydrogen-bond donors (Lipinski definition) is 1. The maximum Gasteiger partial charge on any atom is 0.340 e. The maximum absolute atomic E-state index is 13.2. The minimum absolute atomic E-state index is 0.373. The number of benzene rings is 2. The Hall–Kier alpha value is -3.22. The number of ether oxygens (including phenoxy) is 2. The van der Waals surface area contributed by atoms with Gasteiger partial charge in [0.2, 0.25) is 0 Å². The van der Waals surface area contributed by atoms with Crippen LogP contribution in [0.3, 0.4) is 0 Å². The molecule has 170 valence electrons. The van der Waals surface area contributed by atoms with Gasteiger partial charge >= 0.3 is 5.97 Å². The van der Waals surface area contributed by atoms with E-state index in [1.165, 1.54) is 0 Å². The standard InChI is InChI=1S/C27H28N2O4/c1-3-18-17-29-14-12-20(18)15-25(29)27(31,33-26(30)19-7-5-4-6-8-19)23-11-13-28-24-10-9-21(32-2)16-22(23)24/h3-11,13,16,18,20,25,31H,1,12,14-15,17H2,2H3/t18-,20-,25+,27-/m0/s1. The Labute approximate surface area is 193 Å². The average Bonchev–Trinajstić information content (AvgIpc) is 2.88. The van der Waals surface area contributed by atoms with Crippen LogP contribution in [0, 0.1) is 11.8 Å². The molecule has 0 aliphatic carbocycles. The molecule has 3 saturated heterocycles. The van der Waals surface area contributed by atoms with Gasteiger partial charge < -0.3 is 14.6 Å². The molecule has 3 fully saturated rings. The van der Waals surface area contributed by atoms with E-state index in [1.807, 2.05) is 30.3 Å². The number of carbonyl (C=O) groups excluding carboxylic acids is 1. The predicted molar refractivity (Wildman–Crippen MR) is 126 cm³/mol. The highest BCUT2D eigenvalue weighted by molar-refractivity contribution is 5.90. The predicted octanol–water partition coefficient (Wildman–Crippen LogP) is 4.14. The molecule has 0 radical (unpaired) electrons. The van der Waals surface area contributed by atoms with Crippen molar-refractivity contribution in [3.8, 4) is 5.75 Å². The molecule has 3 aliphatic heterocycles. The minimum Gasteiger partial charge on any atom is -0.497 e. The van der Waals surface area contributed by atoms with Crippen LogP contribution < -0.4 is 4.74 Å². The first-order valence-corrected chi connectivity index (χ1v) is 11.3. The summed E-state index contributed by atoms with van der Waals surface area (Å²) in [5.74, 6) is -1.01. The molecular weight excluding hydrogens is 416 g/mol. The van der Waals surface area contributed by atoms with E-state index in [9.17, 15) is 9.90 Å². The maximum atomic E-state index is 13.2. The fraction of sp³-hybridized carbons (Fsp3) is 0.333. The van der Waals surface area contributed by atoms with Gasteiger partial charge in [-0.15, -0.1) is 6.58 Å². The van der Waals surface area contributed by atoms with Gasteiger partial charge in [-0.25, -0.2) is 4.79 Å². The van der Waals surface area contributed by atoms with Gasteiger partial charge in [-0.1, -0.05) is 24.3 Å². The number of pyridine rings is 1. The summed E-state index contributed by atoms with van der Waals surface area (Å²) in [5.41, 5.74) is 1.61. The molecule has 1 N–H and O–H groups in total. The van der Waals surface area contributed by atoms with Crippen molar-refractivity contribution in [3.63, 3.8) is 0 Å².